The molecule has 5 heteroatoms. The van der Waals surface area contributed by atoms with Crippen LogP contribution in [0, 0.1) is 9.49 Å². The molecule has 2 atom stereocenters. The molecule has 0 bridgehead atoms. The number of carbonyl (C=O) groups is 2. The molecule has 2 aromatic carbocycles. The molecule has 2 amide bonds. The van der Waals surface area contributed by atoms with Gasteiger partial charge in [-0.2, -0.15) is 0 Å². The van der Waals surface area contributed by atoms with Gasteiger partial charge in [-0.05, 0) is 59.3 Å². The van der Waals surface area contributed by atoms with Crippen molar-refractivity contribution in [3.8, 4) is 0 Å². The van der Waals surface area contributed by atoms with Crippen LogP contribution in [0.4, 0.5) is 5.69 Å². The number of carbonyl (C=O) groups excluding carboxylic acids is 2. The van der Waals surface area contributed by atoms with Crippen molar-refractivity contribution in [2.24, 2.45) is 5.92 Å². The zero-order valence-electron chi connectivity index (χ0n) is 13.4. The van der Waals surface area contributed by atoms with Crippen molar-refractivity contribution in [2.75, 3.05) is 11.9 Å². The molecule has 0 aromatic heterocycles. The number of likely N-dealkylation sites (tertiary alicyclic amines) is 1. The lowest BCUT2D eigenvalue weighted by atomic mass is 10.1. The maximum absolute atomic E-state index is 12.5. The number of hydrogen-bond acceptors (Lipinski definition) is 2. The number of nitrogens with zero attached hydrogens (tertiary/aromatic N) is 1. The first kappa shape index (κ1) is 17.0. The second-order valence-corrected chi connectivity index (χ2v) is 7.28. The highest BCUT2D eigenvalue weighted by Crippen LogP contribution is 2.29. The Hall–Kier alpha value is -1.89. The summed E-state index contributed by atoms with van der Waals surface area (Å²) in [6, 6.07) is 17.5. The molecule has 0 aliphatic carbocycles. The van der Waals surface area contributed by atoms with Gasteiger partial charge >= 0.3 is 0 Å². The van der Waals surface area contributed by atoms with Crippen LogP contribution in [-0.4, -0.2) is 23.3 Å². The van der Waals surface area contributed by atoms with E-state index >= 15 is 0 Å². The Morgan fingerprint density at radius 1 is 1.17 bits per heavy atom. The zero-order chi connectivity index (χ0) is 17.1. The summed E-state index contributed by atoms with van der Waals surface area (Å²) in [7, 11) is 0. The van der Waals surface area contributed by atoms with Gasteiger partial charge in [-0.15, -0.1) is 0 Å². The van der Waals surface area contributed by atoms with E-state index in [0.29, 0.717) is 6.54 Å². The molecule has 1 aliphatic heterocycles. The van der Waals surface area contributed by atoms with E-state index in [2.05, 4.69) is 27.9 Å². The molecule has 0 spiro atoms. The number of halogens is 1. The van der Waals surface area contributed by atoms with Gasteiger partial charge in [-0.3, -0.25) is 9.59 Å². The van der Waals surface area contributed by atoms with Gasteiger partial charge in [0.2, 0.25) is 11.8 Å². The first-order chi connectivity index (χ1) is 11.5. The van der Waals surface area contributed by atoms with Gasteiger partial charge in [0, 0.05) is 22.2 Å². The maximum Gasteiger partial charge on any atom is 0.229 e. The molecule has 1 fully saturated rings. The standard InChI is InChI=1S/C19H19IN2O2/c1-13(14-5-3-2-4-6-14)22-12-15(11-18(22)23)19(24)21-17-9-7-16(20)8-10-17/h2-10,13,15H,11-12H2,1H3,(H,21,24)/t13-,15-/m0/s1. The van der Waals surface area contributed by atoms with Crippen molar-refractivity contribution >= 4 is 40.1 Å². The van der Waals surface area contributed by atoms with Crippen molar-refractivity contribution in [1.82, 2.24) is 4.90 Å². The van der Waals surface area contributed by atoms with Crippen molar-refractivity contribution in [2.45, 2.75) is 19.4 Å². The summed E-state index contributed by atoms with van der Waals surface area (Å²) in [6.07, 6.45) is 0.271. The number of nitrogens with one attached hydrogen (secondary N) is 1. The van der Waals surface area contributed by atoms with Crippen LogP contribution in [0.2, 0.25) is 0 Å². The Balaban J connectivity index is 1.65. The van der Waals surface area contributed by atoms with Crippen LogP contribution in [0.25, 0.3) is 0 Å². The third-order valence-electron chi connectivity index (χ3n) is 4.39. The Kier molecular flexibility index (Phi) is 5.18. The van der Waals surface area contributed by atoms with Crippen LogP contribution in [0.1, 0.15) is 24.9 Å². The topological polar surface area (TPSA) is 49.4 Å². The highest BCUT2D eigenvalue weighted by Gasteiger charge is 2.36. The smallest absolute Gasteiger partial charge is 0.229 e. The maximum atomic E-state index is 12.5. The number of hydrogen-bond donors (Lipinski definition) is 1. The van der Waals surface area contributed by atoms with Gasteiger partial charge in [0.05, 0.1) is 12.0 Å². The van der Waals surface area contributed by atoms with Gasteiger partial charge in [-0.25, -0.2) is 0 Å². The number of benzene rings is 2. The third-order valence-corrected chi connectivity index (χ3v) is 5.11. The molecule has 4 nitrogen and oxygen atoms in total. The lowest BCUT2D eigenvalue weighted by Gasteiger charge is -2.25. The van der Waals surface area contributed by atoms with Crippen molar-refractivity contribution in [3.63, 3.8) is 0 Å². The molecule has 1 N–H and O–H groups in total. The molecule has 1 saturated heterocycles. The zero-order valence-corrected chi connectivity index (χ0v) is 15.6. The van der Waals surface area contributed by atoms with Crippen LogP contribution in [-0.2, 0) is 9.59 Å². The average Bonchev–Trinajstić information content (AvgIpc) is 2.99. The van der Waals surface area contributed by atoms with E-state index in [1.807, 2.05) is 61.5 Å². The molecule has 0 saturated carbocycles. The Morgan fingerprint density at radius 3 is 2.50 bits per heavy atom. The fraction of sp³-hybridized carbons (Fsp3) is 0.263. The van der Waals surface area contributed by atoms with E-state index in [1.165, 1.54) is 0 Å². The van der Waals surface area contributed by atoms with Crippen LogP contribution >= 0.6 is 22.6 Å². The largest absolute Gasteiger partial charge is 0.335 e. The first-order valence-electron chi connectivity index (χ1n) is 7.95. The summed E-state index contributed by atoms with van der Waals surface area (Å²) in [5, 5.41) is 2.91. The van der Waals surface area contributed by atoms with Crippen LogP contribution < -0.4 is 5.32 Å². The van der Waals surface area contributed by atoms with E-state index < -0.39 is 0 Å². The molecule has 2 aromatic rings. The molecule has 1 aliphatic rings. The van der Waals surface area contributed by atoms with E-state index in [1.54, 1.807) is 4.90 Å². The first-order valence-corrected chi connectivity index (χ1v) is 9.03. The molecular formula is C19H19IN2O2. The second-order valence-electron chi connectivity index (χ2n) is 6.03. The summed E-state index contributed by atoms with van der Waals surface area (Å²) in [5.41, 5.74) is 1.85. The Bertz CT molecular complexity index is 731. The molecule has 3 rings (SSSR count). The Morgan fingerprint density at radius 2 is 1.83 bits per heavy atom. The number of anilines is 1. The van der Waals surface area contributed by atoms with Crippen molar-refractivity contribution in [1.29, 1.82) is 0 Å². The van der Waals surface area contributed by atoms with E-state index in [-0.39, 0.29) is 30.2 Å². The lowest BCUT2D eigenvalue weighted by Crippen LogP contribution is -2.30. The molecule has 0 unspecified atom stereocenters. The monoisotopic (exact) mass is 434 g/mol. The average molecular weight is 434 g/mol. The molecule has 24 heavy (non-hydrogen) atoms. The van der Waals surface area contributed by atoms with Gasteiger partial charge in [0.15, 0.2) is 0 Å². The SMILES string of the molecule is C[C@@H](c1ccccc1)N1C[C@@H](C(=O)Nc2ccc(I)cc2)CC1=O. The van der Waals surface area contributed by atoms with Crippen LogP contribution in [0.15, 0.2) is 54.6 Å². The fourth-order valence-corrected chi connectivity index (χ4v) is 3.33. The normalized spacial score (nSPS) is 18.5. The summed E-state index contributed by atoms with van der Waals surface area (Å²) >= 11 is 2.22. The molecule has 1 heterocycles. The summed E-state index contributed by atoms with van der Waals surface area (Å²) in [5.74, 6) is -0.357. The third kappa shape index (κ3) is 3.77. The summed E-state index contributed by atoms with van der Waals surface area (Å²) < 4.78 is 1.12. The van der Waals surface area contributed by atoms with Crippen molar-refractivity contribution < 1.29 is 9.59 Å². The van der Waals surface area contributed by atoms with E-state index in [4.69, 9.17) is 0 Å². The molecular weight excluding hydrogens is 415 g/mol. The summed E-state index contributed by atoms with van der Waals surface area (Å²) in [6.45, 7) is 2.47. The molecule has 124 valence electrons. The minimum absolute atomic E-state index is 0.0187. The van der Waals surface area contributed by atoms with Gasteiger partial charge in [0.25, 0.3) is 0 Å². The van der Waals surface area contributed by atoms with E-state index in [9.17, 15) is 9.59 Å². The van der Waals surface area contributed by atoms with Gasteiger partial charge in [-0.1, -0.05) is 30.3 Å². The van der Waals surface area contributed by atoms with Crippen LogP contribution in [0.3, 0.4) is 0 Å². The molecule has 0 radical (unpaired) electrons. The van der Waals surface area contributed by atoms with Gasteiger partial charge in [0.1, 0.15) is 0 Å². The number of rotatable bonds is 4. The van der Waals surface area contributed by atoms with Crippen molar-refractivity contribution in [3.05, 3.63) is 63.7 Å². The van der Waals surface area contributed by atoms with Gasteiger partial charge < -0.3 is 10.2 Å². The predicted octanol–water partition coefficient (Wildman–Crippen LogP) is 3.84. The minimum Gasteiger partial charge on any atom is -0.335 e. The quantitative estimate of drug-likeness (QED) is 0.744. The minimum atomic E-state index is -0.303. The van der Waals surface area contributed by atoms with E-state index in [0.717, 1.165) is 14.8 Å². The highest BCUT2D eigenvalue weighted by molar-refractivity contribution is 14.1. The highest BCUT2D eigenvalue weighted by atomic mass is 127. The Labute approximate surface area is 155 Å². The number of amides is 2. The summed E-state index contributed by atoms with van der Waals surface area (Å²) in [4.78, 5) is 26.6. The predicted molar refractivity (Wildman–Crippen MR) is 102 cm³/mol. The lowest BCUT2D eigenvalue weighted by molar-refractivity contribution is -0.129. The van der Waals surface area contributed by atoms with Crippen LogP contribution in [0.5, 0.6) is 0 Å². The fourth-order valence-electron chi connectivity index (χ4n) is 2.97. The second kappa shape index (κ2) is 7.34.